The van der Waals surface area contributed by atoms with E-state index in [0.717, 1.165) is 19.3 Å². The monoisotopic (exact) mass is 208 g/mol. The average molecular weight is 208 g/mol. The zero-order chi connectivity index (χ0) is 11.1. The summed E-state index contributed by atoms with van der Waals surface area (Å²) in [6, 6.07) is 0. The summed E-state index contributed by atoms with van der Waals surface area (Å²) in [5.74, 6) is 6.21. The van der Waals surface area contributed by atoms with Crippen LogP contribution in [0.1, 0.15) is 32.6 Å². The Balaban J connectivity index is 2.43. The minimum absolute atomic E-state index is 0.113. The molecule has 0 heterocycles. The highest BCUT2D eigenvalue weighted by molar-refractivity contribution is 5.79. The first kappa shape index (κ1) is 12.1. The van der Waals surface area contributed by atoms with Crippen LogP contribution >= 0.6 is 0 Å². The van der Waals surface area contributed by atoms with E-state index in [1.165, 1.54) is 6.42 Å². The Labute approximate surface area is 91.8 Å². The smallest absolute Gasteiger partial charge is 0.224 e. The number of rotatable bonds is 3. The largest absolute Gasteiger partial charge is 0.345 e. The maximum Gasteiger partial charge on any atom is 0.224 e. The molecular formula is C12H20N2O. The molecule has 0 aliphatic heterocycles. The van der Waals surface area contributed by atoms with Gasteiger partial charge < -0.3 is 11.1 Å². The molecule has 84 valence electrons. The predicted molar refractivity (Wildman–Crippen MR) is 61.0 cm³/mol. The van der Waals surface area contributed by atoms with Crippen LogP contribution in [0.15, 0.2) is 0 Å². The summed E-state index contributed by atoms with van der Waals surface area (Å²) in [6.07, 6.45) is 4.43. The van der Waals surface area contributed by atoms with Crippen LogP contribution in [0.2, 0.25) is 0 Å². The average Bonchev–Trinajstić information content (AvgIpc) is 2.29. The Morgan fingerprint density at radius 2 is 2.20 bits per heavy atom. The normalized spacial score (nSPS) is 25.2. The maximum absolute atomic E-state index is 11.8. The number of hydrogen-bond donors (Lipinski definition) is 2. The van der Waals surface area contributed by atoms with E-state index in [4.69, 9.17) is 5.73 Å². The Kier molecular flexibility index (Phi) is 5.20. The lowest BCUT2D eigenvalue weighted by molar-refractivity contribution is -0.127. The zero-order valence-corrected chi connectivity index (χ0v) is 9.38. The first-order valence-electron chi connectivity index (χ1n) is 5.67. The van der Waals surface area contributed by atoms with Crippen molar-refractivity contribution in [1.29, 1.82) is 0 Å². The van der Waals surface area contributed by atoms with Crippen LogP contribution in [-0.2, 0) is 4.79 Å². The van der Waals surface area contributed by atoms with E-state index in [1.54, 1.807) is 6.92 Å². The van der Waals surface area contributed by atoms with Crippen molar-refractivity contribution in [3.63, 3.8) is 0 Å². The van der Waals surface area contributed by atoms with E-state index >= 15 is 0 Å². The molecule has 0 aromatic carbocycles. The molecule has 0 saturated heterocycles. The topological polar surface area (TPSA) is 55.1 Å². The molecule has 0 aromatic heterocycles. The fourth-order valence-corrected chi connectivity index (χ4v) is 2.19. The van der Waals surface area contributed by atoms with Gasteiger partial charge in [-0.1, -0.05) is 18.8 Å². The maximum atomic E-state index is 11.8. The summed E-state index contributed by atoms with van der Waals surface area (Å²) >= 11 is 0. The minimum atomic E-state index is 0.113. The van der Waals surface area contributed by atoms with E-state index in [-0.39, 0.29) is 11.8 Å². The molecule has 0 radical (unpaired) electrons. The molecule has 1 rings (SSSR count). The molecule has 3 nitrogen and oxygen atoms in total. The van der Waals surface area contributed by atoms with E-state index in [2.05, 4.69) is 17.2 Å². The fourth-order valence-electron chi connectivity index (χ4n) is 2.19. The summed E-state index contributed by atoms with van der Waals surface area (Å²) < 4.78 is 0. The molecule has 15 heavy (non-hydrogen) atoms. The zero-order valence-electron chi connectivity index (χ0n) is 9.38. The molecule has 2 unspecified atom stereocenters. The van der Waals surface area contributed by atoms with Crippen molar-refractivity contribution in [3.05, 3.63) is 0 Å². The predicted octanol–water partition coefficient (Wildman–Crippen LogP) is 0.891. The minimum Gasteiger partial charge on any atom is -0.345 e. The van der Waals surface area contributed by atoms with Crippen LogP contribution in [-0.4, -0.2) is 19.0 Å². The van der Waals surface area contributed by atoms with Gasteiger partial charge in [0.05, 0.1) is 6.54 Å². The van der Waals surface area contributed by atoms with Crippen molar-refractivity contribution in [1.82, 2.24) is 5.32 Å². The third-order valence-corrected chi connectivity index (χ3v) is 3.08. The number of amides is 1. The van der Waals surface area contributed by atoms with E-state index < -0.39 is 0 Å². The molecule has 2 atom stereocenters. The second-order valence-corrected chi connectivity index (χ2v) is 4.03. The summed E-state index contributed by atoms with van der Waals surface area (Å²) in [5, 5.41) is 2.85. The number of hydrogen-bond acceptors (Lipinski definition) is 2. The number of nitrogens with one attached hydrogen (secondary N) is 1. The lowest BCUT2D eigenvalue weighted by Gasteiger charge is -2.29. The summed E-state index contributed by atoms with van der Waals surface area (Å²) in [4.78, 5) is 11.8. The van der Waals surface area contributed by atoms with E-state index in [9.17, 15) is 4.79 Å². The van der Waals surface area contributed by atoms with Crippen molar-refractivity contribution >= 4 is 5.91 Å². The van der Waals surface area contributed by atoms with Crippen LogP contribution in [0.25, 0.3) is 0 Å². The van der Waals surface area contributed by atoms with Crippen molar-refractivity contribution in [2.24, 2.45) is 17.6 Å². The molecule has 1 aliphatic rings. The first-order valence-corrected chi connectivity index (χ1v) is 5.67. The Hall–Kier alpha value is -1.01. The Morgan fingerprint density at radius 3 is 2.87 bits per heavy atom. The number of carbonyl (C=O) groups excluding carboxylic acids is 1. The molecule has 0 aromatic rings. The quantitative estimate of drug-likeness (QED) is 0.677. The molecule has 1 amide bonds. The van der Waals surface area contributed by atoms with Crippen LogP contribution in [0, 0.1) is 23.7 Å². The molecule has 1 fully saturated rings. The van der Waals surface area contributed by atoms with Crippen molar-refractivity contribution in [3.8, 4) is 11.8 Å². The highest BCUT2D eigenvalue weighted by atomic mass is 16.1. The van der Waals surface area contributed by atoms with Gasteiger partial charge in [0.15, 0.2) is 0 Å². The molecule has 1 saturated carbocycles. The van der Waals surface area contributed by atoms with Gasteiger partial charge in [-0.15, -0.1) is 5.92 Å². The summed E-state index contributed by atoms with van der Waals surface area (Å²) in [7, 11) is 0. The van der Waals surface area contributed by atoms with Crippen molar-refractivity contribution < 1.29 is 4.79 Å². The molecular weight excluding hydrogens is 188 g/mol. The van der Waals surface area contributed by atoms with Gasteiger partial charge in [0.2, 0.25) is 5.91 Å². The number of carbonyl (C=O) groups is 1. The van der Waals surface area contributed by atoms with Crippen molar-refractivity contribution in [2.75, 3.05) is 13.1 Å². The van der Waals surface area contributed by atoms with Gasteiger partial charge in [-0.2, -0.15) is 0 Å². The first-order chi connectivity index (χ1) is 7.29. The lowest BCUT2D eigenvalue weighted by Crippen LogP contribution is -2.39. The SMILES string of the molecule is CC#CCNC(=O)C1CCCCC1CN. The molecule has 1 aliphatic carbocycles. The lowest BCUT2D eigenvalue weighted by atomic mass is 9.79. The second-order valence-electron chi connectivity index (χ2n) is 4.03. The van der Waals surface area contributed by atoms with Gasteiger partial charge >= 0.3 is 0 Å². The molecule has 0 bridgehead atoms. The summed E-state index contributed by atoms with van der Waals surface area (Å²) in [5.41, 5.74) is 5.68. The highest BCUT2D eigenvalue weighted by Crippen LogP contribution is 2.29. The third kappa shape index (κ3) is 3.56. The fraction of sp³-hybridized carbons (Fsp3) is 0.750. The second kappa shape index (κ2) is 6.47. The number of nitrogens with two attached hydrogens (primary N) is 1. The Bertz CT molecular complexity index is 265. The summed E-state index contributed by atoms with van der Waals surface area (Å²) in [6.45, 7) is 2.86. The van der Waals surface area contributed by atoms with Crippen LogP contribution < -0.4 is 11.1 Å². The van der Waals surface area contributed by atoms with Gasteiger partial charge in [0.25, 0.3) is 0 Å². The van der Waals surface area contributed by atoms with Crippen molar-refractivity contribution in [2.45, 2.75) is 32.6 Å². The van der Waals surface area contributed by atoms with E-state index in [0.29, 0.717) is 19.0 Å². The molecule has 3 heteroatoms. The third-order valence-electron chi connectivity index (χ3n) is 3.08. The van der Waals surface area contributed by atoms with Gasteiger partial charge in [-0.3, -0.25) is 4.79 Å². The van der Waals surface area contributed by atoms with Gasteiger partial charge in [-0.05, 0) is 32.2 Å². The molecule has 0 spiro atoms. The standard InChI is InChI=1S/C12H20N2O/c1-2-3-8-14-12(15)11-7-5-4-6-10(11)9-13/h10-11H,4-9,13H2,1H3,(H,14,15). The van der Waals surface area contributed by atoms with Crippen LogP contribution in [0.4, 0.5) is 0 Å². The van der Waals surface area contributed by atoms with Crippen LogP contribution in [0.3, 0.4) is 0 Å². The highest BCUT2D eigenvalue weighted by Gasteiger charge is 2.29. The Morgan fingerprint density at radius 1 is 1.47 bits per heavy atom. The van der Waals surface area contributed by atoms with Gasteiger partial charge in [0.1, 0.15) is 0 Å². The molecule has 3 N–H and O–H groups in total. The van der Waals surface area contributed by atoms with Gasteiger partial charge in [0, 0.05) is 5.92 Å². The van der Waals surface area contributed by atoms with E-state index in [1.807, 2.05) is 0 Å². The van der Waals surface area contributed by atoms with Gasteiger partial charge in [-0.25, -0.2) is 0 Å². The van der Waals surface area contributed by atoms with Crippen LogP contribution in [0.5, 0.6) is 0 Å².